The van der Waals surface area contributed by atoms with Crippen molar-refractivity contribution in [2.75, 3.05) is 7.11 Å². The van der Waals surface area contributed by atoms with Gasteiger partial charge in [-0.05, 0) is 5.56 Å². The standard InChI is InChI=1S/C10H9NO2/c1-13-10(12)9(7-11)8-5-3-2-4-6-8/h2-6,9H,1H3. The molecule has 1 aromatic carbocycles. The maximum atomic E-state index is 11.1. The summed E-state index contributed by atoms with van der Waals surface area (Å²) in [4.78, 5) is 11.1. The molecule has 0 spiro atoms. The van der Waals surface area contributed by atoms with Crippen LogP contribution in [0.3, 0.4) is 0 Å². The van der Waals surface area contributed by atoms with E-state index in [1.54, 1.807) is 24.3 Å². The molecule has 1 unspecified atom stereocenters. The summed E-state index contributed by atoms with van der Waals surface area (Å²) in [7, 11) is 1.27. The third kappa shape index (κ3) is 2.06. The van der Waals surface area contributed by atoms with E-state index in [2.05, 4.69) is 4.74 Å². The number of hydrogen-bond donors (Lipinski definition) is 0. The van der Waals surface area contributed by atoms with Crippen LogP contribution in [0.4, 0.5) is 0 Å². The zero-order valence-electron chi connectivity index (χ0n) is 7.23. The molecule has 1 rings (SSSR count). The molecular weight excluding hydrogens is 166 g/mol. The second-order valence-electron chi connectivity index (χ2n) is 2.50. The van der Waals surface area contributed by atoms with Crippen molar-refractivity contribution in [3.63, 3.8) is 0 Å². The molecule has 0 fully saturated rings. The highest BCUT2D eigenvalue weighted by atomic mass is 16.5. The SMILES string of the molecule is COC(=O)C(C#N)c1ccccc1. The van der Waals surface area contributed by atoms with Crippen LogP contribution >= 0.6 is 0 Å². The zero-order chi connectivity index (χ0) is 9.68. The first kappa shape index (κ1) is 9.27. The van der Waals surface area contributed by atoms with E-state index in [1.165, 1.54) is 7.11 Å². The number of nitrogens with zero attached hydrogens (tertiary/aromatic N) is 1. The number of ether oxygens (including phenoxy) is 1. The van der Waals surface area contributed by atoms with E-state index in [4.69, 9.17) is 5.26 Å². The molecule has 0 amide bonds. The highest BCUT2D eigenvalue weighted by Crippen LogP contribution is 2.15. The fourth-order valence-electron chi connectivity index (χ4n) is 1.03. The Labute approximate surface area is 76.6 Å². The summed E-state index contributed by atoms with van der Waals surface area (Å²) < 4.78 is 4.50. The molecule has 0 aliphatic heterocycles. The minimum absolute atomic E-state index is 0.520. The van der Waals surface area contributed by atoms with E-state index in [-0.39, 0.29) is 0 Å². The van der Waals surface area contributed by atoms with Crippen LogP contribution in [0.15, 0.2) is 30.3 Å². The molecule has 0 saturated heterocycles. The van der Waals surface area contributed by atoms with Gasteiger partial charge in [-0.15, -0.1) is 0 Å². The van der Waals surface area contributed by atoms with Crippen molar-refractivity contribution >= 4 is 5.97 Å². The molecule has 0 N–H and O–H groups in total. The van der Waals surface area contributed by atoms with E-state index >= 15 is 0 Å². The summed E-state index contributed by atoms with van der Waals surface area (Å²) >= 11 is 0. The minimum atomic E-state index is -0.814. The maximum Gasteiger partial charge on any atom is 0.327 e. The minimum Gasteiger partial charge on any atom is -0.468 e. The second-order valence-corrected chi connectivity index (χ2v) is 2.50. The van der Waals surface area contributed by atoms with Gasteiger partial charge in [-0.25, -0.2) is 0 Å². The van der Waals surface area contributed by atoms with Crippen LogP contribution in [0, 0.1) is 11.3 Å². The van der Waals surface area contributed by atoms with E-state index in [0.29, 0.717) is 5.56 Å². The monoisotopic (exact) mass is 175 g/mol. The molecule has 1 atom stereocenters. The maximum absolute atomic E-state index is 11.1. The first-order valence-electron chi connectivity index (χ1n) is 3.82. The smallest absolute Gasteiger partial charge is 0.327 e. The van der Waals surface area contributed by atoms with Crippen molar-refractivity contribution in [2.45, 2.75) is 5.92 Å². The number of hydrogen-bond acceptors (Lipinski definition) is 3. The lowest BCUT2D eigenvalue weighted by Gasteiger charge is -2.05. The predicted molar refractivity (Wildman–Crippen MR) is 46.8 cm³/mol. The van der Waals surface area contributed by atoms with Gasteiger partial charge >= 0.3 is 5.97 Å². The molecule has 0 aliphatic rings. The normalized spacial score (nSPS) is 11.4. The number of carbonyl (C=O) groups excluding carboxylic acids is 1. The molecule has 0 heterocycles. The van der Waals surface area contributed by atoms with E-state index in [1.807, 2.05) is 12.1 Å². The Balaban J connectivity index is 2.93. The summed E-state index contributed by atoms with van der Waals surface area (Å²) in [6.07, 6.45) is 0. The van der Waals surface area contributed by atoms with E-state index in [0.717, 1.165) is 0 Å². The average molecular weight is 175 g/mol. The van der Waals surface area contributed by atoms with Crippen molar-refractivity contribution < 1.29 is 9.53 Å². The lowest BCUT2D eigenvalue weighted by molar-refractivity contribution is -0.140. The van der Waals surface area contributed by atoms with Gasteiger partial charge < -0.3 is 4.74 Å². The molecule has 0 radical (unpaired) electrons. The first-order valence-corrected chi connectivity index (χ1v) is 3.82. The number of benzene rings is 1. The van der Waals surface area contributed by atoms with Gasteiger partial charge in [0.1, 0.15) is 0 Å². The van der Waals surface area contributed by atoms with Crippen molar-refractivity contribution in [3.8, 4) is 6.07 Å². The molecular formula is C10H9NO2. The molecule has 1 aromatic rings. The van der Waals surface area contributed by atoms with Gasteiger partial charge in [-0.2, -0.15) is 5.26 Å². The number of carbonyl (C=O) groups is 1. The third-order valence-electron chi connectivity index (χ3n) is 1.70. The summed E-state index contributed by atoms with van der Waals surface area (Å²) in [5.41, 5.74) is 0.664. The predicted octanol–water partition coefficient (Wildman–Crippen LogP) is 1.47. The molecule has 0 aromatic heterocycles. The Hall–Kier alpha value is -1.82. The molecule has 66 valence electrons. The lowest BCUT2D eigenvalue weighted by Crippen LogP contribution is -2.12. The van der Waals surface area contributed by atoms with Gasteiger partial charge in [0.2, 0.25) is 0 Å². The summed E-state index contributed by atoms with van der Waals surface area (Å²) in [5, 5.41) is 8.73. The molecule has 3 nitrogen and oxygen atoms in total. The van der Waals surface area contributed by atoms with Crippen molar-refractivity contribution in [1.82, 2.24) is 0 Å². The fraction of sp³-hybridized carbons (Fsp3) is 0.200. The molecule has 0 aliphatic carbocycles. The quantitative estimate of drug-likeness (QED) is 0.639. The Morgan fingerprint density at radius 3 is 2.54 bits per heavy atom. The van der Waals surface area contributed by atoms with Gasteiger partial charge in [0.25, 0.3) is 0 Å². The first-order chi connectivity index (χ1) is 6.29. The highest BCUT2D eigenvalue weighted by molar-refractivity contribution is 5.81. The van der Waals surface area contributed by atoms with Crippen LogP contribution in [0.2, 0.25) is 0 Å². The molecule has 3 heteroatoms. The summed E-state index contributed by atoms with van der Waals surface area (Å²) in [5.74, 6) is -1.33. The highest BCUT2D eigenvalue weighted by Gasteiger charge is 2.19. The van der Waals surface area contributed by atoms with E-state index < -0.39 is 11.9 Å². The number of nitriles is 1. The largest absolute Gasteiger partial charge is 0.468 e. The van der Waals surface area contributed by atoms with Gasteiger partial charge in [-0.3, -0.25) is 4.79 Å². The molecule has 13 heavy (non-hydrogen) atoms. The van der Waals surface area contributed by atoms with Crippen LogP contribution < -0.4 is 0 Å². The van der Waals surface area contributed by atoms with Crippen LogP contribution in [0.1, 0.15) is 11.5 Å². The Morgan fingerprint density at radius 2 is 2.08 bits per heavy atom. The van der Waals surface area contributed by atoms with Gasteiger partial charge in [0.05, 0.1) is 13.2 Å². The van der Waals surface area contributed by atoms with Gasteiger partial charge in [0, 0.05) is 0 Å². The topological polar surface area (TPSA) is 50.1 Å². The van der Waals surface area contributed by atoms with E-state index in [9.17, 15) is 4.79 Å². The number of methoxy groups -OCH3 is 1. The van der Waals surface area contributed by atoms with Crippen LogP contribution in [0.25, 0.3) is 0 Å². The van der Waals surface area contributed by atoms with Gasteiger partial charge in [0.15, 0.2) is 5.92 Å². The lowest BCUT2D eigenvalue weighted by atomic mass is 10.0. The van der Waals surface area contributed by atoms with Crippen molar-refractivity contribution in [3.05, 3.63) is 35.9 Å². The Bertz CT molecular complexity index is 327. The second kappa shape index (κ2) is 4.27. The number of rotatable bonds is 2. The van der Waals surface area contributed by atoms with Crippen LogP contribution in [-0.4, -0.2) is 13.1 Å². The summed E-state index contributed by atoms with van der Waals surface area (Å²) in [6.45, 7) is 0. The number of esters is 1. The molecule has 0 saturated carbocycles. The van der Waals surface area contributed by atoms with Gasteiger partial charge in [-0.1, -0.05) is 30.3 Å². The average Bonchev–Trinajstić information content (AvgIpc) is 2.20. The molecule has 0 bridgehead atoms. The Kier molecular flexibility index (Phi) is 3.04. The zero-order valence-corrected chi connectivity index (χ0v) is 7.23. The van der Waals surface area contributed by atoms with Crippen LogP contribution in [-0.2, 0) is 9.53 Å². The Morgan fingerprint density at radius 1 is 1.46 bits per heavy atom. The van der Waals surface area contributed by atoms with Crippen molar-refractivity contribution in [2.24, 2.45) is 0 Å². The third-order valence-corrected chi connectivity index (χ3v) is 1.70. The van der Waals surface area contributed by atoms with Crippen molar-refractivity contribution in [1.29, 1.82) is 5.26 Å². The fourth-order valence-corrected chi connectivity index (χ4v) is 1.03. The summed E-state index contributed by atoms with van der Waals surface area (Å²) in [6, 6.07) is 10.7. The van der Waals surface area contributed by atoms with Crippen LogP contribution in [0.5, 0.6) is 0 Å².